The number of para-hydroxylation sites is 3. The smallest absolute Gasteiger partial charge is 0.212 e. The summed E-state index contributed by atoms with van der Waals surface area (Å²) in [6.07, 6.45) is -0.493. The standard InChI is InChI=1S/C22H17ClN8/c1-12-14-11-15(18(23)26-20(14)31(29-12)13-7-3-2-4-8-13)19-27-21(24)28-22-25-16-9-5-6-10-17(16)30(19)22/h2-11,19H,1H3,(H3,24,25,27,28)/t19-/m0/s1. The first-order valence-electron chi connectivity index (χ1n) is 9.78. The summed E-state index contributed by atoms with van der Waals surface area (Å²) in [4.78, 5) is 14.0. The number of guanidine groups is 1. The van der Waals surface area contributed by atoms with Gasteiger partial charge < -0.3 is 5.73 Å². The highest BCUT2D eigenvalue weighted by Gasteiger charge is 2.28. The van der Waals surface area contributed by atoms with Gasteiger partial charge in [0.05, 0.1) is 22.4 Å². The zero-order valence-electron chi connectivity index (χ0n) is 16.5. The van der Waals surface area contributed by atoms with E-state index in [0.29, 0.717) is 16.7 Å². The summed E-state index contributed by atoms with van der Waals surface area (Å²) in [6.45, 7) is 1.96. The van der Waals surface area contributed by atoms with Gasteiger partial charge in [0.15, 0.2) is 17.8 Å². The number of hydrogen-bond acceptors (Lipinski definition) is 6. The van der Waals surface area contributed by atoms with Crippen LogP contribution in [0, 0.1) is 6.92 Å². The van der Waals surface area contributed by atoms with E-state index in [0.717, 1.165) is 33.4 Å². The van der Waals surface area contributed by atoms with Gasteiger partial charge in [-0.1, -0.05) is 41.9 Å². The molecule has 31 heavy (non-hydrogen) atoms. The van der Waals surface area contributed by atoms with Gasteiger partial charge in [-0.2, -0.15) is 5.10 Å². The zero-order valence-corrected chi connectivity index (χ0v) is 17.2. The van der Waals surface area contributed by atoms with Crippen molar-refractivity contribution >= 4 is 45.6 Å². The molecular formula is C22H17ClN8. The summed E-state index contributed by atoms with van der Waals surface area (Å²) in [7, 11) is 0. The fourth-order valence-electron chi connectivity index (χ4n) is 4.03. The molecule has 4 heterocycles. The number of anilines is 1. The van der Waals surface area contributed by atoms with Crippen LogP contribution in [0.4, 0.5) is 5.95 Å². The molecule has 0 saturated carbocycles. The maximum Gasteiger partial charge on any atom is 0.212 e. The Labute approximate surface area is 182 Å². The number of nitrogens with two attached hydrogens (primary N) is 1. The molecule has 3 N–H and O–H groups in total. The number of rotatable bonds is 2. The van der Waals surface area contributed by atoms with Gasteiger partial charge in [0.1, 0.15) is 5.15 Å². The monoisotopic (exact) mass is 428 g/mol. The van der Waals surface area contributed by atoms with E-state index < -0.39 is 6.17 Å². The predicted molar refractivity (Wildman–Crippen MR) is 122 cm³/mol. The van der Waals surface area contributed by atoms with Crippen LogP contribution in [0.2, 0.25) is 5.15 Å². The highest BCUT2D eigenvalue weighted by molar-refractivity contribution is 6.30. The van der Waals surface area contributed by atoms with Crippen molar-refractivity contribution in [3.05, 3.63) is 77.1 Å². The maximum atomic E-state index is 6.72. The lowest BCUT2D eigenvalue weighted by Gasteiger charge is -2.24. The number of aliphatic imine (C=N–C) groups is 1. The maximum absolute atomic E-state index is 6.72. The van der Waals surface area contributed by atoms with Gasteiger partial charge in [-0.25, -0.2) is 19.6 Å². The molecule has 152 valence electrons. The van der Waals surface area contributed by atoms with E-state index in [9.17, 15) is 0 Å². The number of nitrogens with zero attached hydrogens (tertiary/aromatic N) is 6. The molecule has 2 aromatic carbocycles. The zero-order chi connectivity index (χ0) is 21.1. The number of nitrogens with one attached hydrogen (secondary N) is 1. The fraction of sp³-hybridized carbons (Fsp3) is 0.0909. The Hall–Kier alpha value is -3.91. The largest absolute Gasteiger partial charge is 0.370 e. The molecule has 0 radical (unpaired) electrons. The molecule has 1 aliphatic rings. The van der Waals surface area contributed by atoms with Crippen molar-refractivity contribution in [1.29, 1.82) is 0 Å². The van der Waals surface area contributed by atoms with E-state index in [1.165, 1.54) is 0 Å². The summed E-state index contributed by atoms with van der Waals surface area (Å²) < 4.78 is 3.79. The molecule has 5 aromatic rings. The van der Waals surface area contributed by atoms with Crippen molar-refractivity contribution in [2.24, 2.45) is 10.7 Å². The Morgan fingerprint density at radius 2 is 1.81 bits per heavy atom. The molecule has 1 atom stereocenters. The van der Waals surface area contributed by atoms with Crippen LogP contribution in [0.15, 0.2) is 65.7 Å². The van der Waals surface area contributed by atoms with Crippen LogP contribution in [0.25, 0.3) is 27.8 Å². The molecule has 3 aromatic heterocycles. The molecule has 0 bridgehead atoms. The first-order chi connectivity index (χ1) is 15.1. The second-order valence-electron chi connectivity index (χ2n) is 7.38. The lowest BCUT2D eigenvalue weighted by molar-refractivity contribution is 0.625. The number of aromatic nitrogens is 5. The average Bonchev–Trinajstić information content (AvgIpc) is 3.30. The van der Waals surface area contributed by atoms with Crippen LogP contribution < -0.4 is 11.1 Å². The summed E-state index contributed by atoms with van der Waals surface area (Å²) in [5.41, 5.74) is 11.1. The molecule has 0 spiro atoms. The van der Waals surface area contributed by atoms with Crippen LogP contribution in [0.5, 0.6) is 0 Å². The van der Waals surface area contributed by atoms with Gasteiger partial charge in [0, 0.05) is 10.9 Å². The van der Waals surface area contributed by atoms with Gasteiger partial charge in [0.25, 0.3) is 0 Å². The van der Waals surface area contributed by atoms with Crippen LogP contribution in [-0.4, -0.2) is 30.3 Å². The third-order valence-corrected chi connectivity index (χ3v) is 5.75. The van der Waals surface area contributed by atoms with E-state index in [-0.39, 0.29) is 5.96 Å². The molecule has 0 fully saturated rings. The van der Waals surface area contributed by atoms with E-state index in [4.69, 9.17) is 27.4 Å². The van der Waals surface area contributed by atoms with E-state index >= 15 is 0 Å². The summed E-state index contributed by atoms with van der Waals surface area (Å²) >= 11 is 6.72. The van der Waals surface area contributed by atoms with E-state index in [2.05, 4.69) is 15.3 Å². The van der Waals surface area contributed by atoms with Crippen molar-refractivity contribution in [1.82, 2.24) is 24.3 Å². The quantitative estimate of drug-likeness (QED) is 0.414. The molecular weight excluding hydrogens is 412 g/mol. The highest BCUT2D eigenvalue weighted by Crippen LogP contribution is 2.36. The van der Waals surface area contributed by atoms with Gasteiger partial charge in [-0.3, -0.25) is 9.88 Å². The van der Waals surface area contributed by atoms with Gasteiger partial charge in [-0.05, 0) is 37.3 Å². The van der Waals surface area contributed by atoms with Gasteiger partial charge in [-0.15, -0.1) is 0 Å². The van der Waals surface area contributed by atoms with Crippen LogP contribution in [-0.2, 0) is 0 Å². The minimum atomic E-state index is -0.493. The number of aryl methyl sites for hydroxylation is 1. The van der Waals surface area contributed by atoms with Crippen molar-refractivity contribution in [2.45, 2.75) is 13.1 Å². The molecule has 9 heteroatoms. The summed E-state index contributed by atoms with van der Waals surface area (Å²) in [5, 5.41) is 8.98. The number of benzene rings is 2. The van der Waals surface area contributed by atoms with Crippen molar-refractivity contribution in [3.63, 3.8) is 0 Å². The fourth-order valence-corrected chi connectivity index (χ4v) is 4.26. The number of pyridine rings is 1. The molecule has 1 aliphatic heterocycles. The lowest BCUT2D eigenvalue weighted by Crippen LogP contribution is -2.31. The van der Waals surface area contributed by atoms with Gasteiger partial charge in [0.2, 0.25) is 5.95 Å². The second kappa shape index (κ2) is 6.55. The Morgan fingerprint density at radius 1 is 1.03 bits per heavy atom. The summed E-state index contributed by atoms with van der Waals surface area (Å²) in [5.74, 6) is 0.896. The Balaban J connectivity index is 1.58. The first kappa shape index (κ1) is 17.9. The van der Waals surface area contributed by atoms with Crippen molar-refractivity contribution in [3.8, 4) is 5.69 Å². The lowest BCUT2D eigenvalue weighted by atomic mass is 10.1. The van der Waals surface area contributed by atoms with Crippen LogP contribution in [0.3, 0.4) is 0 Å². The number of imidazole rings is 1. The molecule has 0 saturated heterocycles. The van der Waals surface area contributed by atoms with Gasteiger partial charge >= 0.3 is 0 Å². The van der Waals surface area contributed by atoms with Crippen LogP contribution in [0.1, 0.15) is 17.4 Å². The van der Waals surface area contributed by atoms with Crippen molar-refractivity contribution in [2.75, 3.05) is 5.32 Å². The normalized spacial score (nSPS) is 15.7. The van der Waals surface area contributed by atoms with Crippen LogP contribution >= 0.6 is 11.6 Å². The molecule has 0 unspecified atom stereocenters. The van der Waals surface area contributed by atoms with E-state index in [1.54, 1.807) is 4.68 Å². The number of halogens is 1. The Kier molecular flexibility index (Phi) is 3.78. The van der Waals surface area contributed by atoms with Crippen molar-refractivity contribution < 1.29 is 0 Å². The highest BCUT2D eigenvalue weighted by atomic mass is 35.5. The Bertz CT molecular complexity index is 1500. The first-order valence-corrected chi connectivity index (χ1v) is 10.2. The third-order valence-electron chi connectivity index (χ3n) is 5.44. The average molecular weight is 429 g/mol. The SMILES string of the molecule is Cc1nn(-c2ccccc2)c2nc(Cl)c([C@H]3N=C(N)Nc4nc5ccccc5n43)cc12. The molecule has 0 aliphatic carbocycles. The predicted octanol–water partition coefficient (Wildman–Crippen LogP) is 4.02. The van der Waals surface area contributed by atoms with E-state index in [1.807, 2.05) is 72.2 Å². The molecule has 0 amide bonds. The Morgan fingerprint density at radius 3 is 2.65 bits per heavy atom. The second-order valence-corrected chi connectivity index (χ2v) is 7.74. The molecule has 6 rings (SSSR count). The topological polar surface area (TPSA) is 98.9 Å². The minimum Gasteiger partial charge on any atom is -0.370 e. The number of fused-ring (bicyclic) bond motifs is 4. The number of hydrogen-bond donors (Lipinski definition) is 2. The molecule has 8 nitrogen and oxygen atoms in total. The third kappa shape index (κ3) is 2.69. The minimum absolute atomic E-state index is 0.278. The summed E-state index contributed by atoms with van der Waals surface area (Å²) in [6, 6.07) is 19.7.